The Morgan fingerprint density at radius 1 is 0.750 bits per heavy atom. The molecule has 0 aliphatic rings. The molecule has 0 unspecified atom stereocenters. The lowest BCUT2D eigenvalue weighted by molar-refractivity contribution is -0.161. The molecule has 0 bridgehead atoms. The Bertz CT molecular complexity index is 337. The Hall–Kier alpha value is -1.16. The van der Waals surface area contributed by atoms with Gasteiger partial charge in [0.1, 0.15) is 6.61 Å². The molecule has 0 heterocycles. The molecule has 0 fully saturated rings. The zero-order chi connectivity index (χ0) is 17.9. The number of hydrogen-bond acceptors (Lipinski definition) is 4. The number of esters is 2. The van der Waals surface area contributed by atoms with E-state index in [1.165, 1.54) is 57.8 Å². The Balaban J connectivity index is 3.23. The molecule has 0 aromatic rings. The van der Waals surface area contributed by atoms with Crippen LogP contribution in [-0.2, 0) is 14.3 Å². The SMILES string of the molecule is CCCCCCCC/C=C\CCCCCCCC(=O)OC(=O)CO. The molecule has 0 atom stereocenters. The van der Waals surface area contributed by atoms with Crippen LogP contribution in [0.4, 0.5) is 0 Å². The minimum atomic E-state index is -0.868. The Morgan fingerprint density at radius 2 is 1.25 bits per heavy atom. The highest BCUT2D eigenvalue weighted by Gasteiger charge is 2.08. The van der Waals surface area contributed by atoms with E-state index in [2.05, 4.69) is 23.8 Å². The van der Waals surface area contributed by atoms with Crippen molar-refractivity contribution in [3.8, 4) is 0 Å². The number of aliphatic hydroxyl groups is 1. The third-order valence-electron chi connectivity index (χ3n) is 4.00. The zero-order valence-corrected chi connectivity index (χ0v) is 15.4. The molecular weight excluding hydrogens is 304 g/mol. The van der Waals surface area contributed by atoms with Crippen LogP contribution < -0.4 is 0 Å². The number of carbonyl (C=O) groups is 2. The van der Waals surface area contributed by atoms with E-state index in [-0.39, 0.29) is 6.42 Å². The van der Waals surface area contributed by atoms with Crippen LogP contribution in [0.1, 0.15) is 96.8 Å². The van der Waals surface area contributed by atoms with E-state index >= 15 is 0 Å². The van der Waals surface area contributed by atoms with E-state index in [4.69, 9.17) is 5.11 Å². The summed E-state index contributed by atoms with van der Waals surface area (Å²) in [5.41, 5.74) is 0. The van der Waals surface area contributed by atoms with Gasteiger partial charge in [-0.15, -0.1) is 0 Å². The van der Waals surface area contributed by atoms with E-state index in [9.17, 15) is 9.59 Å². The van der Waals surface area contributed by atoms with Crippen LogP contribution in [0.15, 0.2) is 12.2 Å². The number of rotatable bonds is 16. The molecule has 140 valence electrons. The molecular formula is C20H36O4. The quantitative estimate of drug-likeness (QED) is 0.184. The first-order valence-electron chi connectivity index (χ1n) is 9.70. The molecule has 0 aromatic heterocycles. The van der Waals surface area contributed by atoms with Gasteiger partial charge in [0.05, 0.1) is 0 Å². The fraction of sp³-hybridized carbons (Fsp3) is 0.800. The second kappa shape index (κ2) is 18.2. The normalized spacial score (nSPS) is 11.1. The maximum absolute atomic E-state index is 11.2. The maximum Gasteiger partial charge on any atom is 0.339 e. The van der Waals surface area contributed by atoms with E-state index in [1.807, 2.05) is 0 Å². The van der Waals surface area contributed by atoms with Gasteiger partial charge in [-0.2, -0.15) is 0 Å². The molecule has 0 aliphatic heterocycles. The lowest BCUT2D eigenvalue weighted by Crippen LogP contribution is -2.14. The van der Waals surface area contributed by atoms with Gasteiger partial charge < -0.3 is 9.84 Å². The number of unbranched alkanes of at least 4 members (excludes halogenated alkanes) is 11. The molecule has 0 radical (unpaired) electrons. The highest BCUT2D eigenvalue weighted by Crippen LogP contribution is 2.10. The van der Waals surface area contributed by atoms with Gasteiger partial charge in [-0.05, 0) is 32.1 Å². The molecule has 0 saturated heterocycles. The second-order valence-electron chi connectivity index (χ2n) is 6.34. The van der Waals surface area contributed by atoms with E-state index < -0.39 is 18.5 Å². The molecule has 0 spiro atoms. The standard InChI is InChI=1S/C20H36O4/c1-2-3-4-5-6-7-8-9-10-11-12-13-14-15-16-17-19(22)24-20(23)18-21/h9-10,21H,2-8,11-18H2,1H3/b10-9-. The van der Waals surface area contributed by atoms with Gasteiger partial charge in [-0.1, -0.05) is 70.4 Å². The van der Waals surface area contributed by atoms with E-state index in [0.717, 1.165) is 25.7 Å². The molecule has 1 N–H and O–H groups in total. The van der Waals surface area contributed by atoms with E-state index in [0.29, 0.717) is 0 Å². The van der Waals surface area contributed by atoms with Crippen LogP contribution in [0.3, 0.4) is 0 Å². The number of hydrogen-bond donors (Lipinski definition) is 1. The number of ether oxygens (including phenoxy) is 1. The van der Waals surface area contributed by atoms with Gasteiger partial charge in [0, 0.05) is 6.42 Å². The van der Waals surface area contributed by atoms with E-state index in [1.54, 1.807) is 0 Å². The molecule has 0 aliphatic carbocycles. The number of allylic oxidation sites excluding steroid dienone is 2. The Labute approximate surface area is 147 Å². The first-order valence-corrected chi connectivity index (χ1v) is 9.70. The van der Waals surface area contributed by atoms with Crippen molar-refractivity contribution >= 4 is 11.9 Å². The summed E-state index contributed by atoms with van der Waals surface area (Å²) in [6.45, 7) is 1.51. The van der Waals surface area contributed by atoms with Gasteiger partial charge in [0.25, 0.3) is 0 Å². The Morgan fingerprint density at radius 3 is 1.79 bits per heavy atom. The lowest BCUT2D eigenvalue weighted by Gasteiger charge is -2.01. The monoisotopic (exact) mass is 340 g/mol. The highest BCUT2D eigenvalue weighted by atomic mass is 16.6. The minimum absolute atomic E-state index is 0.254. The van der Waals surface area contributed by atoms with Crippen LogP contribution in [-0.4, -0.2) is 23.7 Å². The molecule has 0 amide bonds. The lowest BCUT2D eigenvalue weighted by atomic mass is 10.1. The minimum Gasteiger partial charge on any atom is -0.391 e. The van der Waals surface area contributed by atoms with Crippen molar-refractivity contribution < 1.29 is 19.4 Å². The molecule has 0 aromatic carbocycles. The molecule has 4 nitrogen and oxygen atoms in total. The van der Waals surface area contributed by atoms with Crippen LogP contribution >= 0.6 is 0 Å². The predicted octanol–water partition coefficient (Wildman–Crippen LogP) is 5.09. The van der Waals surface area contributed by atoms with Gasteiger partial charge in [-0.25, -0.2) is 4.79 Å². The van der Waals surface area contributed by atoms with Crippen molar-refractivity contribution in [3.05, 3.63) is 12.2 Å². The Kier molecular flexibility index (Phi) is 17.3. The molecule has 4 heteroatoms. The van der Waals surface area contributed by atoms with Crippen molar-refractivity contribution in [2.24, 2.45) is 0 Å². The van der Waals surface area contributed by atoms with Crippen molar-refractivity contribution in [1.29, 1.82) is 0 Å². The summed E-state index contributed by atoms with van der Waals surface area (Å²) in [5.74, 6) is -1.40. The number of carbonyl (C=O) groups excluding carboxylic acids is 2. The van der Waals surface area contributed by atoms with Crippen LogP contribution in [0, 0.1) is 0 Å². The van der Waals surface area contributed by atoms with Gasteiger partial charge in [-0.3, -0.25) is 4.79 Å². The second-order valence-corrected chi connectivity index (χ2v) is 6.34. The summed E-state index contributed by atoms with van der Waals surface area (Å²) in [5, 5.41) is 8.46. The highest BCUT2D eigenvalue weighted by molar-refractivity contribution is 5.85. The van der Waals surface area contributed by atoms with Crippen LogP contribution in [0.25, 0.3) is 0 Å². The van der Waals surface area contributed by atoms with Crippen molar-refractivity contribution in [3.63, 3.8) is 0 Å². The third-order valence-corrected chi connectivity index (χ3v) is 4.00. The smallest absolute Gasteiger partial charge is 0.339 e. The summed E-state index contributed by atoms with van der Waals surface area (Å²) in [7, 11) is 0. The summed E-state index contributed by atoms with van der Waals surface area (Å²) in [6.07, 6.45) is 20.5. The van der Waals surface area contributed by atoms with Crippen molar-refractivity contribution in [2.45, 2.75) is 96.8 Å². The topological polar surface area (TPSA) is 63.6 Å². The third kappa shape index (κ3) is 17.2. The van der Waals surface area contributed by atoms with Gasteiger partial charge in [0.2, 0.25) is 0 Å². The first kappa shape index (κ1) is 22.8. The van der Waals surface area contributed by atoms with Crippen molar-refractivity contribution in [2.75, 3.05) is 6.61 Å². The fourth-order valence-electron chi connectivity index (χ4n) is 2.55. The average molecular weight is 341 g/mol. The maximum atomic E-state index is 11.2. The first-order chi connectivity index (χ1) is 11.7. The predicted molar refractivity (Wildman–Crippen MR) is 97.6 cm³/mol. The molecule has 24 heavy (non-hydrogen) atoms. The fourth-order valence-corrected chi connectivity index (χ4v) is 2.55. The van der Waals surface area contributed by atoms with Gasteiger partial charge in [0.15, 0.2) is 0 Å². The zero-order valence-electron chi connectivity index (χ0n) is 15.4. The van der Waals surface area contributed by atoms with Crippen LogP contribution in [0.2, 0.25) is 0 Å². The largest absolute Gasteiger partial charge is 0.391 e. The van der Waals surface area contributed by atoms with Crippen LogP contribution in [0.5, 0.6) is 0 Å². The molecule has 0 saturated carbocycles. The summed E-state index contributed by atoms with van der Waals surface area (Å²) in [4.78, 5) is 21.9. The average Bonchev–Trinajstić information content (AvgIpc) is 2.58. The van der Waals surface area contributed by atoms with Gasteiger partial charge >= 0.3 is 11.9 Å². The summed E-state index contributed by atoms with van der Waals surface area (Å²) in [6, 6.07) is 0. The summed E-state index contributed by atoms with van der Waals surface area (Å²) >= 11 is 0. The summed E-state index contributed by atoms with van der Waals surface area (Å²) < 4.78 is 4.38. The number of aliphatic hydroxyl groups excluding tert-OH is 1. The van der Waals surface area contributed by atoms with Crippen molar-refractivity contribution in [1.82, 2.24) is 0 Å². The molecule has 0 rings (SSSR count).